The number of nitrogens with zero attached hydrogens (tertiary/aromatic N) is 2. The Balaban J connectivity index is 2.25. The quantitative estimate of drug-likeness (QED) is 0.703. The summed E-state index contributed by atoms with van der Waals surface area (Å²) in [5.74, 6) is 0.823. The molecule has 1 rings (SSSR count). The summed E-state index contributed by atoms with van der Waals surface area (Å²) in [6.45, 7) is 8.09. The predicted molar refractivity (Wildman–Crippen MR) is 84.8 cm³/mol. The van der Waals surface area contributed by atoms with E-state index in [9.17, 15) is 9.59 Å². The average molecular weight is 297 g/mol. The summed E-state index contributed by atoms with van der Waals surface area (Å²) >= 11 is 0. The molecule has 1 heterocycles. The SMILES string of the molecule is CCCN(CCC)C(=O)CCCC(=O)N1CCC(CN)C1. The van der Waals surface area contributed by atoms with Crippen molar-refractivity contribution in [1.82, 2.24) is 9.80 Å². The van der Waals surface area contributed by atoms with Crippen LogP contribution in [0.5, 0.6) is 0 Å². The zero-order valence-corrected chi connectivity index (χ0v) is 13.6. The summed E-state index contributed by atoms with van der Waals surface area (Å²) < 4.78 is 0. The molecular formula is C16H31N3O2. The normalized spacial score (nSPS) is 18.0. The average Bonchev–Trinajstić information content (AvgIpc) is 2.95. The molecule has 1 saturated heterocycles. The number of likely N-dealkylation sites (tertiary alicyclic amines) is 1. The monoisotopic (exact) mass is 297 g/mol. The van der Waals surface area contributed by atoms with E-state index in [0.717, 1.165) is 45.4 Å². The maximum absolute atomic E-state index is 12.1. The van der Waals surface area contributed by atoms with Crippen LogP contribution in [0.15, 0.2) is 0 Å². The summed E-state index contributed by atoms with van der Waals surface area (Å²) in [5, 5.41) is 0. The first-order valence-electron chi connectivity index (χ1n) is 8.37. The third kappa shape index (κ3) is 6.04. The maximum atomic E-state index is 12.1. The molecule has 0 saturated carbocycles. The van der Waals surface area contributed by atoms with Crippen LogP contribution < -0.4 is 5.73 Å². The lowest BCUT2D eigenvalue weighted by atomic mass is 10.1. The lowest BCUT2D eigenvalue weighted by molar-refractivity contribution is -0.132. The van der Waals surface area contributed by atoms with Crippen LogP contribution in [0.1, 0.15) is 52.4 Å². The fourth-order valence-corrected chi connectivity index (χ4v) is 2.86. The van der Waals surface area contributed by atoms with Gasteiger partial charge in [0.1, 0.15) is 0 Å². The van der Waals surface area contributed by atoms with Crippen LogP contribution in [0, 0.1) is 5.92 Å². The highest BCUT2D eigenvalue weighted by Gasteiger charge is 2.24. The van der Waals surface area contributed by atoms with Gasteiger partial charge in [0.2, 0.25) is 11.8 Å². The van der Waals surface area contributed by atoms with E-state index >= 15 is 0 Å². The molecule has 0 radical (unpaired) electrons. The van der Waals surface area contributed by atoms with E-state index in [-0.39, 0.29) is 11.8 Å². The Labute approximate surface area is 128 Å². The van der Waals surface area contributed by atoms with Gasteiger partial charge in [-0.3, -0.25) is 9.59 Å². The summed E-state index contributed by atoms with van der Waals surface area (Å²) in [4.78, 5) is 28.0. The Bertz CT molecular complexity index is 327. The molecule has 1 unspecified atom stereocenters. The summed E-state index contributed by atoms with van der Waals surface area (Å²) in [6.07, 6.45) is 4.61. The van der Waals surface area contributed by atoms with Gasteiger partial charge in [-0.25, -0.2) is 0 Å². The van der Waals surface area contributed by atoms with E-state index in [1.807, 2.05) is 9.80 Å². The number of nitrogens with two attached hydrogens (primary N) is 1. The molecule has 2 N–H and O–H groups in total. The number of hydrogen-bond donors (Lipinski definition) is 1. The molecule has 0 aromatic heterocycles. The van der Waals surface area contributed by atoms with E-state index in [0.29, 0.717) is 31.7 Å². The van der Waals surface area contributed by atoms with Crippen molar-refractivity contribution < 1.29 is 9.59 Å². The molecule has 0 aliphatic carbocycles. The molecule has 21 heavy (non-hydrogen) atoms. The number of hydrogen-bond acceptors (Lipinski definition) is 3. The number of carbonyl (C=O) groups excluding carboxylic acids is 2. The van der Waals surface area contributed by atoms with Gasteiger partial charge in [-0.1, -0.05) is 13.8 Å². The van der Waals surface area contributed by atoms with Crippen LogP contribution in [-0.4, -0.2) is 54.3 Å². The van der Waals surface area contributed by atoms with Crippen molar-refractivity contribution in [2.24, 2.45) is 11.7 Å². The zero-order chi connectivity index (χ0) is 15.7. The number of rotatable bonds is 9. The van der Waals surface area contributed by atoms with E-state index in [1.165, 1.54) is 0 Å². The van der Waals surface area contributed by atoms with Gasteiger partial charge in [-0.2, -0.15) is 0 Å². The number of carbonyl (C=O) groups is 2. The van der Waals surface area contributed by atoms with Gasteiger partial charge in [0.05, 0.1) is 0 Å². The lowest BCUT2D eigenvalue weighted by Gasteiger charge is -2.21. The minimum atomic E-state index is 0.177. The molecule has 2 amide bonds. The third-order valence-electron chi connectivity index (χ3n) is 4.09. The summed E-state index contributed by atoms with van der Waals surface area (Å²) in [6, 6.07) is 0. The van der Waals surface area contributed by atoms with Crippen molar-refractivity contribution in [1.29, 1.82) is 0 Å². The van der Waals surface area contributed by atoms with Crippen LogP contribution in [-0.2, 0) is 9.59 Å². The topological polar surface area (TPSA) is 66.6 Å². The Morgan fingerprint density at radius 2 is 1.86 bits per heavy atom. The summed E-state index contributed by atoms with van der Waals surface area (Å²) in [5.41, 5.74) is 5.64. The van der Waals surface area contributed by atoms with Crippen LogP contribution in [0.2, 0.25) is 0 Å². The third-order valence-corrected chi connectivity index (χ3v) is 4.09. The Kier molecular flexibility index (Phi) is 8.35. The van der Waals surface area contributed by atoms with Crippen molar-refractivity contribution in [2.45, 2.75) is 52.4 Å². The van der Waals surface area contributed by atoms with Crippen LogP contribution in [0.3, 0.4) is 0 Å². The Morgan fingerprint density at radius 3 is 2.38 bits per heavy atom. The van der Waals surface area contributed by atoms with Gasteiger partial charge < -0.3 is 15.5 Å². The van der Waals surface area contributed by atoms with Crippen molar-refractivity contribution in [3.63, 3.8) is 0 Å². The maximum Gasteiger partial charge on any atom is 0.222 e. The zero-order valence-electron chi connectivity index (χ0n) is 13.6. The van der Waals surface area contributed by atoms with Gasteiger partial charge >= 0.3 is 0 Å². The van der Waals surface area contributed by atoms with Crippen molar-refractivity contribution in [2.75, 3.05) is 32.7 Å². The summed E-state index contributed by atoms with van der Waals surface area (Å²) in [7, 11) is 0. The van der Waals surface area contributed by atoms with Crippen LogP contribution >= 0.6 is 0 Å². The van der Waals surface area contributed by atoms with E-state index in [1.54, 1.807) is 0 Å². The van der Waals surface area contributed by atoms with Crippen molar-refractivity contribution >= 4 is 11.8 Å². The van der Waals surface area contributed by atoms with Crippen LogP contribution in [0.4, 0.5) is 0 Å². The van der Waals surface area contributed by atoms with Crippen LogP contribution in [0.25, 0.3) is 0 Å². The highest BCUT2D eigenvalue weighted by Crippen LogP contribution is 2.16. The Hall–Kier alpha value is -1.10. The Morgan fingerprint density at radius 1 is 1.19 bits per heavy atom. The fraction of sp³-hybridized carbons (Fsp3) is 0.875. The molecule has 1 atom stereocenters. The second kappa shape index (κ2) is 9.77. The van der Waals surface area contributed by atoms with Gasteiger partial charge in [0, 0.05) is 39.0 Å². The molecule has 1 aliphatic rings. The first kappa shape index (κ1) is 18.0. The minimum absolute atomic E-state index is 0.177. The van der Waals surface area contributed by atoms with Gasteiger partial charge in [-0.15, -0.1) is 0 Å². The second-order valence-corrected chi connectivity index (χ2v) is 5.96. The van der Waals surface area contributed by atoms with Crippen molar-refractivity contribution in [3.05, 3.63) is 0 Å². The molecule has 122 valence electrons. The van der Waals surface area contributed by atoms with E-state index in [4.69, 9.17) is 5.73 Å². The molecule has 5 heteroatoms. The van der Waals surface area contributed by atoms with E-state index < -0.39 is 0 Å². The molecule has 0 spiro atoms. The largest absolute Gasteiger partial charge is 0.343 e. The minimum Gasteiger partial charge on any atom is -0.343 e. The fourth-order valence-electron chi connectivity index (χ4n) is 2.86. The first-order chi connectivity index (χ1) is 10.1. The molecule has 1 aliphatic heterocycles. The second-order valence-electron chi connectivity index (χ2n) is 5.96. The highest BCUT2D eigenvalue weighted by atomic mass is 16.2. The number of amides is 2. The standard InChI is InChI=1S/C16H31N3O2/c1-3-9-18(10-4-2)15(20)6-5-7-16(21)19-11-8-14(12-17)13-19/h14H,3-13,17H2,1-2H3. The smallest absolute Gasteiger partial charge is 0.222 e. The molecule has 0 aromatic rings. The van der Waals surface area contributed by atoms with Gasteiger partial charge in [-0.05, 0) is 38.1 Å². The van der Waals surface area contributed by atoms with Gasteiger partial charge in [0.15, 0.2) is 0 Å². The first-order valence-corrected chi connectivity index (χ1v) is 8.37. The molecule has 0 bridgehead atoms. The highest BCUT2D eigenvalue weighted by molar-refractivity contribution is 5.79. The molecule has 1 fully saturated rings. The molecular weight excluding hydrogens is 266 g/mol. The van der Waals surface area contributed by atoms with Crippen molar-refractivity contribution in [3.8, 4) is 0 Å². The molecule has 5 nitrogen and oxygen atoms in total. The lowest BCUT2D eigenvalue weighted by Crippen LogP contribution is -2.33. The van der Waals surface area contributed by atoms with Gasteiger partial charge in [0.25, 0.3) is 0 Å². The van der Waals surface area contributed by atoms with E-state index in [2.05, 4.69) is 13.8 Å². The predicted octanol–water partition coefficient (Wildman–Crippen LogP) is 1.61. The molecule has 0 aromatic carbocycles.